The number of nitrogens with zero attached hydrogens (tertiary/aromatic N) is 2. The van der Waals surface area contributed by atoms with E-state index in [1.165, 1.54) is 25.1 Å². The van der Waals surface area contributed by atoms with Crippen LogP contribution in [0.2, 0.25) is 0 Å². The molecular weight excluding hydrogens is 310 g/mol. The normalized spacial score (nSPS) is 22.1. The second-order valence-electron chi connectivity index (χ2n) is 5.93. The summed E-state index contributed by atoms with van der Waals surface area (Å²) in [5.41, 5.74) is 6.99. The molecule has 1 aliphatic rings. The molecular formula is C17H19N3O4. The number of nitrogens with two attached hydrogens (primary N) is 1. The van der Waals surface area contributed by atoms with E-state index >= 15 is 0 Å². The molecule has 0 bridgehead atoms. The number of ether oxygens (including phenoxy) is 2. The van der Waals surface area contributed by atoms with E-state index in [0.717, 1.165) is 11.1 Å². The molecule has 1 heterocycles. The maximum atomic E-state index is 12.4. The Hall–Kier alpha value is -2.67. The summed E-state index contributed by atoms with van der Waals surface area (Å²) in [6, 6.07) is 7.39. The van der Waals surface area contributed by atoms with E-state index < -0.39 is 11.5 Å². The van der Waals surface area contributed by atoms with Gasteiger partial charge in [-0.3, -0.25) is 9.59 Å². The Labute approximate surface area is 139 Å². The highest BCUT2D eigenvalue weighted by atomic mass is 16.5. The summed E-state index contributed by atoms with van der Waals surface area (Å²) in [6.45, 7) is 0. The fraction of sp³-hybridized carbons (Fsp3) is 0.353. The van der Waals surface area contributed by atoms with Gasteiger partial charge in [0.2, 0.25) is 0 Å². The number of hydrogen-bond acceptors (Lipinski definition) is 6. The molecule has 0 aliphatic heterocycles. The van der Waals surface area contributed by atoms with E-state index in [4.69, 9.17) is 15.2 Å². The SMILES string of the molecule is COC(=O)C1(N)CC1c1ccc(-c2c(OC)cnn(C)c2=O)cc1. The molecule has 7 nitrogen and oxygen atoms in total. The van der Waals surface area contributed by atoms with Crippen molar-refractivity contribution in [2.24, 2.45) is 12.8 Å². The van der Waals surface area contributed by atoms with Crippen molar-refractivity contribution >= 4 is 5.97 Å². The van der Waals surface area contributed by atoms with Crippen LogP contribution in [0.4, 0.5) is 0 Å². The van der Waals surface area contributed by atoms with Crippen molar-refractivity contribution < 1.29 is 14.3 Å². The van der Waals surface area contributed by atoms with Gasteiger partial charge in [-0.25, -0.2) is 4.68 Å². The van der Waals surface area contributed by atoms with E-state index in [0.29, 0.717) is 17.7 Å². The molecule has 24 heavy (non-hydrogen) atoms. The number of methoxy groups -OCH3 is 2. The van der Waals surface area contributed by atoms with E-state index in [2.05, 4.69) is 5.10 Å². The standard InChI is InChI=1S/C17H19N3O4/c1-20-15(21)14(13(23-2)9-19-20)11-6-4-10(5-7-11)12-8-17(12,18)16(22)24-3/h4-7,9,12H,8,18H2,1-3H3. The zero-order valence-corrected chi connectivity index (χ0v) is 13.8. The molecule has 1 fully saturated rings. The first-order valence-corrected chi connectivity index (χ1v) is 7.50. The summed E-state index contributed by atoms with van der Waals surface area (Å²) < 4.78 is 11.3. The minimum Gasteiger partial charge on any atom is -0.494 e. The van der Waals surface area contributed by atoms with Gasteiger partial charge in [0, 0.05) is 13.0 Å². The third kappa shape index (κ3) is 2.46. The van der Waals surface area contributed by atoms with Gasteiger partial charge in [0.1, 0.15) is 5.54 Å². The lowest BCUT2D eigenvalue weighted by atomic mass is 10.0. The molecule has 2 unspecified atom stereocenters. The molecule has 1 aromatic heterocycles. The van der Waals surface area contributed by atoms with E-state index in [1.54, 1.807) is 7.05 Å². The van der Waals surface area contributed by atoms with Crippen LogP contribution in [0.1, 0.15) is 17.9 Å². The summed E-state index contributed by atoms with van der Waals surface area (Å²) >= 11 is 0. The van der Waals surface area contributed by atoms with Gasteiger partial charge in [0.05, 0.1) is 26.0 Å². The van der Waals surface area contributed by atoms with Crippen LogP contribution < -0.4 is 16.0 Å². The lowest BCUT2D eigenvalue weighted by Gasteiger charge is -2.11. The molecule has 1 aromatic carbocycles. The highest BCUT2D eigenvalue weighted by Gasteiger charge is 2.58. The van der Waals surface area contributed by atoms with E-state index in [9.17, 15) is 9.59 Å². The minimum absolute atomic E-state index is 0.0684. The maximum absolute atomic E-state index is 12.4. The maximum Gasteiger partial charge on any atom is 0.326 e. The monoisotopic (exact) mass is 329 g/mol. The number of aromatic nitrogens is 2. The van der Waals surface area contributed by atoms with Crippen LogP contribution in [-0.4, -0.2) is 35.5 Å². The van der Waals surface area contributed by atoms with Gasteiger partial charge in [-0.15, -0.1) is 0 Å². The predicted octanol–water partition coefficient (Wildman–Crippen LogP) is 0.814. The van der Waals surface area contributed by atoms with Gasteiger partial charge in [-0.1, -0.05) is 24.3 Å². The zero-order chi connectivity index (χ0) is 17.5. The Balaban J connectivity index is 1.94. The molecule has 126 valence electrons. The highest BCUT2D eigenvalue weighted by molar-refractivity contribution is 5.86. The van der Waals surface area contributed by atoms with Crippen LogP contribution in [0.25, 0.3) is 11.1 Å². The van der Waals surface area contributed by atoms with Gasteiger partial charge in [-0.05, 0) is 17.5 Å². The Morgan fingerprint density at radius 1 is 1.33 bits per heavy atom. The summed E-state index contributed by atoms with van der Waals surface area (Å²) in [5.74, 6) is -0.0533. The van der Waals surface area contributed by atoms with E-state index in [1.807, 2.05) is 24.3 Å². The fourth-order valence-corrected chi connectivity index (χ4v) is 2.94. The first kappa shape index (κ1) is 16.2. The number of rotatable bonds is 4. The first-order chi connectivity index (χ1) is 11.4. The molecule has 2 N–H and O–H groups in total. The number of carbonyl (C=O) groups is 1. The molecule has 3 rings (SSSR count). The van der Waals surface area contributed by atoms with Crippen molar-refractivity contribution in [3.8, 4) is 16.9 Å². The topological polar surface area (TPSA) is 96.4 Å². The van der Waals surface area contributed by atoms with Gasteiger partial charge < -0.3 is 15.2 Å². The third-order valence-corrected chi connectivity index (χ3v) is 4.49. The van der Waals surface area contributed by atoms with Crippen molar-refractivity contribution in [3.63, 3.8) is 0 Å². The molecule has 1 saturated carbocycles. The van der Waals surface area contributed by atoms with Crippen molar-refractivity contribution in [2.75, 3.05) is 14.2 Å². The Morgan fingerprint density at radius 3 is 2.58 bits per heavy atom. The second kappa shape index (κ2) is 5.76. The number of carbonyl (C=O) groups excluding carboxylic acids is 1. The van der Waals surface area contributed by atoms with Gasteiger partial charge >= 0.3 is 5.97 Å². The van der Waals surface area contributed by atoms with Gasteiger partial charge in [-0.2, -0.15) is 5.10 Å². The minimum atomic E-state index is -0.944. The van der Waals surface area contributed by atoms with Crippen molar-refractivity contribution in [3.05, 3.63) is 46.4 Å². The van der Waals surface area contributed by atoms with Crippen molar-refractivity contribution in [2.45, 2.75) is 17.9 Å². The summed E-state index contributed by atoms with van der Waals surface area (Å²) in [6.07, 6.45) is 2.06. The van der Waals surface area contributed by atoms with Crippen LogP contribution in [0.15, 0.2) is 35.3 Å². The number of esters is 1. The van der Waals surface area contributed by atoms with Crippen LogP contribution >= 0.6 is 0 Å². The van der Waals surface area contributed by atoms with Crippen molar-refractivity contribution in [1.82, 2.24) is 9.78 Å². The largest absolute Gasteiger partial charge is 0.494 e. The average molecular weight is 329 g/mol. The van der Waals surface area contributed by atoms with Crippen LogP contribution in [0.5, 0.6) is 5.75 Å². The summed E-state index contributed by atoms with van der Waals surface area (Å²) in [5, 5.41) is 3.95. The Kier molecular flexibility index (Phi) is 3.88. The van der Waals surface area contributed by atoms with Crippen LogP contribution in [-0.2, 0) is 16.6 Å². The lowest BCUT2D eigenvalue weighted by Crippen LogP contribution is -2.35. The molecule has 0 amide bonds. The van der Waals surface area contributed by atoms with Gasteiger partial charge in [0.25, 0.3) is 5.56 Å². The van der Waals surface area contributed by atoms with Crippen LogP contribution in [0.3, 0.4) is 0 Å². The molecule has 2 aromatic rings. The molecule has 0 spiro atoms. The predicted molar refractivity (Wildman–Crippen MR) is 87.8 cm³/mol. The third-order valence-electron chi connectivity index (χ3n) is 4.49. The summed E-state index contributed by atoms with van der Waals surface area (Å²) in [7, 11) is 4.42. The number of hydrogen-bond donors (Lipinski definition) is 1. The van der Waals surface area contributed by atoms with Crippen molar-refractivity contribution in [1.29, 1.82) is 0 Å². The number of aryl methyl sites for hydroxylation is 1. The molecule has 1 aliphatic carbocycles. The summed E-state index contributed by atoms with van der Waals surface area (Å²) in [4.78, 5) is 24.1. The Bertz CT molecular complexity index is 844. The Morgan fingerprint density at radius 2 is 2.00 bits per heavy atom. The molecule has 0 radical (unpaired) electrons. The van der Waals surface area contributed by atoms with Gasteiger partial charge in [0.15, 0.2) is 5.75 Å². The smallest absolute Gasteiger partial charge is 0.326 e. The zero-order valence-electron chi connectivity index (χ0n) is 13.8. The van der Waals surface area contributed by atoms with E-state index in [-0.39, 0.29) is 11.5 Å². The fourth-order valence-electron chi connectivity index (χ4n) is 2.94. The molecule has 2 atom stereocenters. The number of benzene rings is 1. The highest BCUT2D eigenvalue weighted by Crippen LogP contribution is 2.50. The molecule has 0 saturated heterocycles. The average Bonchev–Trinajstić information content (AvgIpc) is 3.30. The lowest BCUT2D eigenvalue weighted by molar-refractivity contribution is -0.143. The molecule has 7 heteroatoms. The first-order valence-electron chi connectivity index (χ1n) is 7.50. The second-order valence-corrected chi connectivity index (χ2v) is 5.93. The quantitative estimate of drug-likeness (QED) is 0.834. The van der Waals surface area contributed by atoms with Crippen LogP contribution in [0, 0.1) is 0 Å².